The summed E-state index contributed by atoms with van der Waals surface area (Å²) >= 11 is 0. The predicted octanol–water partition coefficient (Wildman–Crippen LogP) is 6.46. The minimum absolute atomic E-state index is 0.0292. The molecule has 0 saturated heterocycles. The number of hydrogen-bond donors (Lipinski definition) is 2. The summed E-state index contributed by atoms with van der Waals surface area (Å²) in [5.74, 6) is 0.996. The van der Waals surface area contributed by atoms with Crippen molar-refractivity contribution in [3.63, 3.8) is 0 Å². The molecule has 0 aromatic heterocycles. The van der Waals surface area contributed by atoms with E-state index < -0.39 is 0 Å². The molecule has 8 unspecified atom stereocenters. The van der Waals surface area contributed by atoms with Crippen LogP contribution in [0.25, 0.3) is 0 Å². The van der Waals surface area contributed by atoms with Crippen LogP contribution in [0.15, 0.2) is 53.6 Å². The molecule has 0 bridgehead atoms. The van der Waals surface area contributed by atoms with Gasteiger partial charge in [0.15, 0.2) is 0 Å². The van der Waals surface area contributed by atoms with E-state index in [1.165, 1.54) is 5.57 Å². The number of hydrogen-bond acceptors (Lipinski definition) is 4. The Balaban J connectivity index is 1.42. The lowest BCUT2D eigenvalue weighted by atomic mass is 9.51. The largest absolute Gasteiger partial charge is 0.462 e. The second-order valence-corrected chi connectivity index (χ2v) is 13.9. The molecule has 2 N–H and O–H groups in total. The van der Waals surface area contributed by atoms with E-state index in [9.17, 15) is 9.59 Å². The van der Waals surface area contributed by atoms with Crippen molar-refractivity contribution < 1.29 is 14.3 Å². The van der Waals surface area contributed by atoms with E-state index in [2.05, 4.69) is 57.4 Å². The van der Waals surface area contributed by atoms with Crippen molar-refractivity contribution in [2.75, 3.05) is 7.05 Å². The van der Waals surface area contributed by atoms with Crippen LogP contribution in [0.1, 0.15) is 90.4 Å². The van der Waals surface area contributed by atoms with Crippen LogP contribution < -0.4 is 10.6 Å². The number of nitrogens with one attached hydrogen (secondary N) is 2. The minimum Gasteiger partial charge on any atom is -0.462 e. The van der Waals surface area contributed by atoms with E-state index in [0.29, 0.717) is 11.8 Å². The van der Waals surface area contributed by atoms with Gasteiger partial charge in [0.2, 0.25) is 0 Å². The van der Waals surface area contributed by atoms with Crippen LogP contribution in [-0.2, 0) is 9.53 Å². The molecule has 5 rings (SSSR count). The van der Waals surface area contributed by atoms with Crippen LogP contribution in [0.4, 0.5) is 0 Å². The normalized spacial score (nSPS) is 37.7. The molecular formula is C34H48N2O3. The van der Waals surface area contributed by atoms with Gasteiger partial charge < -0.3 is 15.4 Å². The zero-order valence-corrected chi connectivity index (χ0v) is 25.0. The van der Waals surface area contributed by atoms with Gasteiger partial charge >= 0.3 is 5.97 Å². The topological polar surface area (TPSA) is 67.4 Å². The Morgan fingerprint density at radius 1 is 1.00 bits per heavy atom. The third-order valence-electron chi connectivity index (χ3n) is 11.7. The van der Waals surface area contributed by atoms with Gasteiger partial charge in [-0.25, -0.2) is 0 Å². The molecule has 1 amide bonds. The Kier molecular flexibility index (Phi) is 7.37. The van der Waals surface area contributed by atoms with Crippen molar-refractivity contribution in [2.45, 2.75) is 98.3 Å². The summed E-state index contributed by atoms with van der Waals surface area (Å²) in [5, 5.41) is 6.90. The third kappa shape index (κ3) is 4.59. The number of rotatable bonds is 5. The molecular weight excluding hydrogens is 484 g/mol. The van der Waals surface area contributed by atoms with Crippen molar-refractivity contribution in [2.24, 2.45) is 34.0 Å². The number of ether oxygens (including phenoxy) is 1. The van der Waals surface area contributed by atoms with Crippen molar-refractivity contribution in [3.8, 4) is 0 Å². The highest BCUT2D eigenvalue weighted by atomic mass is 16.5. The van der Waals surface area contributed by atoms with Crippen molar-refractivity contribution in [1.82, 2.24) is 10.6 Å². The Morgan fingerprint density at radius 3 is 2.36 bits per heavy atom. The molecule has 5 heteroatoms. The first-order valence-corrected chi connectivity index (χ1v) is 15.0. The van der Waals surface area contributed by atoms with E-state index in [0.717, 1.165) is 44.1 Å². The van der Waals surface area contributed by atoms with Crippen LogP contribution in [0.3, 0.4) is 0 Å². The van der Waals surface area contributed by atoms with Crippen LogP contribution in [0.2, 0.25) is 0 Å². The lowest BCUT2D eigenvalue weighted by molar-refractivity contribution is -0.149. The predicted molar refractivity (Wildman–Crippen MR) is 156 cm³/mol. The lowest BCUT2D eigenvalue weighted by Gasteiger charge is -2.53. The first-order chi connectivity index (χ1) is 18.4. The monoisotopic (exact) mass is 532 g/mol. The molecule has 5 nitrogen and oxygen atoms in total. The Bertz CT molecular complexity index is 1170. The van der Waals surface area contributed by atoms with Crippen molar-refractivity contribution >= 4 is 11.9 Å². The Morgan fingerprint density at radius 2 is 1.69 bits per heavy atom. The van der Waals surface area contributed by atoms with Gasteiger partial charge in [-0.3, -0.25) is 9.59 Å². The number of fused-ring (bicyclic) bond motifs is 4. The van der Waals surface area contributed by atoms with Gasteiger partial charge in [0.25, 0.3) is 5.91 Å². The fourth-order valence-corrected chi connectivity index (χ4v) is 9.29. The third-order valence-corrected chi connectivity index (χ3v) is 11.7. The van der Waals surface area contributed by atoms with E-state index in [4.69, 9.17) is 4.74 Å². The maximum Gasteiger partial charge on any atom is 0.302 e. The average Bonchev–Trinajstić information content (AvgIpc) is 3.00. The van der Waals surface area contributed by atoms with Gasteiger partial charge in [-0.2, -0.15) is 0 Å². The smallest absolute Gasteiger partial charge is 0.302 e. The molecule has 0 radical (unpaired) electrons. The summed E-state index contributed by atoms with van der Waals surface area (Å²) in [5.41, 5.74) is 3.83. The van der Waals surface area contributed by atoms with Crippen LogP contribution in [-0.4, -0.2) is 37.1 Å². The number of carbonyl (C=O) groups excluding carboxylic acids is 2. The molecule has 0 heterocycles. The lowest BCUT2D eigenvalue weighted by Crippen LogP contribution is -2.51. The highest BCUT2D eigenvalue weighted by Crippen LogP contribution is 2.68. The quantitative estimate of drug-likeness (QED) is 0.427. The number of allylic oxidation sites excluding steroid dienone is 4. The van der Waals surface area contributed by atoms with E-state index in [-0.39, 0.29) is 52.2 Å². The molecule has 0 aliphatic heterocycles. The summed E-state index contributed by atoms with van der Waals surface area (Å²) in [6.07, 6.45) is 11.2. The molecule has 4 aliphatic carbocycles. The summed E-state index contributed by atoms with van der Waals surface area (Å²) in [4.78, 5) is 25.2. The maximum atomic E-state index is 13.1. The highest BCUT2D eigenvalue weighted by Gasteiger charge is 2.65. The van der Waals surface area contributed by atoms with Gasteiger partial charge in [0.05, 0.1) is 0 Å². The average molecular weight is 533 g/mol. The van der Waals surface area contributed by atoms with Crippen molar-refractivity contribution in [1.29, 1.82) is 0 Å². The molecule has 4 aliphatic rings. The fourth-order valence-electron chi connectivity index (χ4n) is 9.29. The molecule has 39 heavy (non-hydrogen) atoms. The summed E-state index contributed by atoms with van der Waals surface area (Å²) in [6, 6.07) is 9.98. The van der Waals surface area contributed by atoms with Crippen LogP contribution >= 0.6 is 0 Å². The standard InChI is InChI=1S/C34H48N2O3/c1-21(35-7)30-28(39-22(2)37)20-34(6)27-15-14-26-24(19-25(27)17-18-33(30,34)5)13-16-29(32(26,3)4)36-31(38)23-11-9-8-10-12-23/h8-12,17,19,21,26-30,35H,13-16,18,20H2,1-7H3,(H,36,38). The van der Waals surface area contributed by atoms with E-state index in [1.54, 1.807) is 12.5 Å². The summed E-state index contributed by atoms with van der Waals surface area (Å²) in [6.45, 7) is 13.4. The first kappa shape index (κ1) is 28.1. The molecule has 0 spiro atoms. The molecule has 2 fully saturated rings. The molecule has 1 aromatic carbocycles. The molecule has 1 aromatic rings. The van der Waals surface area contributed by atoms with Crippen LogP contribution in [0.5, 0.6) is 0 Å². The SMILES string of the molecule is CNC(C)C1C(OC(C)=O)CC2(C)C3CCC4C(=CC3=CCC12C)CCC(NC(=O)c1ccccc1)C4(C)C. The summed E-state index contributed by atoms with van der Waals surface area (Å²) in [7, 11) is 2.02. The zero-order valence-electron chi connectivity index (χ0n) is 25.0. The zero-order chi connectivity index (χ0) is 28.2. The second kappa shape index (κ2) is 10.2. The number of amides is 1. The van der Waals surface area contributed by atoms with Gasteiger partial charge in [-0.1, -0.05) is 63.6 Å². The highest BCUT2D eigenvalue weighted by molar-refractivity contribution is 5.94. The van der Waals surface area contributed by atoms with Gasteiger partial charge in [0.1, 0.15) is 6.10 Å². The molecule has 212 valence electrons. The minimum atomic E-state index is -0.174. The first-order valence-electron chi connectivity index (χ1n) is 15.0. The number of esters is 1. The van der Waals surface area contributed by atoms with Crippen LogP contribution in [0, 0.1) is 34.0 Å². The van der Waals surface area contributed by atoms with Gasteiger partial charge in [-0.05, 0) is 98.3 Å². The molecule has 2 saturated carbocycles. The van der Waals surface area contributed by atoms with Gasteiger partial charge in [-0.15, -0.1) is 0 Å². The van der Waals surface area contributed by atoms with Crippen molar-refractivity contribution in [3.05, 3.63) is 59.2 Å². The molecule has 8 atom stereocenters. The summed E-state index contributed by atoms with van der Waals surface area (Å²) < 4.78 is 6.04. The number of carbonyl (C=O) groups is 2. The second-order valence-electron chi connectivity index (χ2n) is 13.9. The van der Waals surface area contributed by atoms with Gasteiger partial charge in [0, 0.05) is 30.5 Å². The Hall–Kier alpha value is -2.40. The number of benzene rings is 1. The van der Waals surface area contributed by atoms with E-state index >= 15 is 0 Å². The maximum absolute atomic E-state index is 13.1. The fraction of sp³-hybridized carbons (Fsp3) is 0.647. The Labute approximate surface area is 235 Å². The van der Waals surface area contributed by atoms with E-state index in [1.807, 2.05) is 37.4 Å².